The molecule has 0 unspecified atom stereocenters. The van der Waals surface area contributed by atoms with E-state index in [0.717, 1.165) is 32.1 Å². The molecule has 1 aliphatic carbocycles. The molecule has 1 aliphatic rings. The Labute approximate surface area is 93.1 Å². The SMILES string of the molecule is CCC1(C(=O)O)CCC(C(C)(C)C)CC1. The second kappa shape index (κ2) is 4.15. The first-order chi connectivity index (χ1) is 6.82. The molecule has 0 atom stereocenters. The molecule has 15 heavy (non-hydrogen) atoms. The first kappa shape index (κ1) is 12.5. The summed E-state index contributed by atoms with van der Waals surface area (Å²) in [7, 11) is 0. The summed E-state index contributed by atoms with van der Waals surface area (Å²) in [5.41, 5.74) is -0.0832. The van der Waals surface area contributed by atoms with Crippen LogP contribution in [0.2, 0.25) is 0 Å². The first-order valence-corrected chi connectivity index (χ1v) is 6.05. The van der Waals surface area contributed by atoms with Crippen molar-refractivity contribution in [2.45, 2.75) is 59.8 Å². The zero-order valence-electron chi connectivity index (χ0n) is 10.5. The van der Waals surface area contributed by atoms with E-state index in [1.54, 1.807) is 0 Å². The standard InChI is InChI=1S/C13H24O2/c1-5-13(11(14)15)8-6-10(7-9-13)12(2,3)4/h10H,5-9H2,1-4H3,(H,14,15). The summed E-state index contributed by atoms with van der Waals surface area (Å²) < 4.78 is 0. The summed E-state index contributed by atoms with van der Waals surface area (Å²) in [5, 5.41) is 9.28. The van der Waals surface area contributed by atoms with Crippen molar-refractivity contribution in [1.82, 2.24) is 0 Å². The average Bonchev–Trinajstić information content (AvgIpc) is 2.16. The molecule has 0 bridgehead atoms. The Balaban J connectivity index is 2.65. The molecule has 0 aromatic heterocycles. The van der Waals surface area contributed by atoms with Crippen molar-refractivity contribution in [1.29, 1.82) is 0 Å². The van der Waals surface area contributed by atoms with Crippen molar-refractivity contribution < 1.29 is 9.90 Å². The van der Waals surface area contributed by atoms with Crippen LogP contribution in [0.15, 0.2) is 0 Å². The van der Waals surface area contributed by atoms with Crippen LogP contribution in [0.3, 0.4) is 0 Å². The minimum atomic E-state index is -0.586. The van der Waals surface area contributed by atoms with Crippen LogP contribution < -0.4 is 0 Å². The van der Waals surface area contributed by atoms with Gasteiger partial charge in [0.25, 0.3) is 0 Å². The quantitative estimate of drug-likeness (QED) is 0.757. The Hall–Kier alpha value is -0.530. The third kappa shape index (κ3) is 2.53. The summed E-state index contributed by atoms with van der Waals surface area (Å²) in [6.45, 7) is 8.79. The predicted octanol–water partition coefficient (Wildman–Crippen LogP) is 3.70. The molecule has 0 spiro atoms. The second-order valence-electron chi connectivity index (χ2n) is 6.08. The van der Waals surface area contributed by atoms with E-state index in [1.165, 1.54) is 0 Å². The number of aliphatic carboxylic acids is 1. The summed E-state index contributed by atoms with van der Waals surface area (Å²) >= 11 is 0. The molecule has 1 N–H and O–H groups in total. The van der Waals surface area contributed by atoms with Crippen LogP contribution in [0.1, 0.15) is 59.8 Å². The van der Waals surface area contributed by atoms with Crippen LogP contribution in [0.25, 0.3) is 0 Å². The van der Waals surface area contributed by atoms with Gasteiger partial charge < -0.3 is 5.11 Å². The van der Waals surface area contributed by atoms with Crippen LogP contribution in [0.5, 0.6) is 0 Å². The Kier molecular flexibility index (Phi) is 3.47. The van der Waals surface area contributed by atoms with Crippen molar-refractivity contribution in [3.05, 3.63) is 0 Å². The Bertz CT molecular complexity index is 229. The fourth-order valence-electron chi connectivity index (χ4n) is 2.76. The van der Waals surface area contributed by atoms with E-state index in [-0.39, 0.29) is 0 Å². The summed E-state index contributed by atoms with van der Waals surface area (Å²) in [5.74, 6) is 0.105. The third-order valence-electron chi connectivity index (χ3n) is 4.30. The summed E-state index contributed by atoms with van der Waals surface area (Å²) in [6, 6.07) is 0. The molecule has 0 aromatic carbocycles. The molecule has 88 valence electrons. The van der Waals surface area contributed by atoms with Gasteiger partial charge in [-0.05, 0) is 43.4 Å². The Morgan fingerprint density at radius 3 is 2.07 bits per heavy atom. The van der Waals surface area contributed by atoms with Crippen molar-refractivity contribution in [3.8, 4) is 0 Å². The maximum absolute atomic E-state index is 11.3. The number of rotatable bonds is 2. The molecule has 0 radical (unpaired) electrons. The lowest BCUT2D eigenvalue weighted by Crippen LogP contribution is -2.37. The molecule has 1 fully saturated rings. The number of carbonyl (C=O) groups is 1. The average molecular weight is 212 g/mol. The summed E-state index contributed by atoms with van der Waals surface area (Å²) in [6.07, 6.45) is 4.65. The van der Waals surface area contributed by atoms with Crippen LogP contribution in [0.4, 0.5) is 0 Å². The highest BCUT2D eigenvalue weighted by Crippen LogP contribution is 2.46. The lowest BCUT2D eigenvalue weighted by atomic mass is 9.63. The molecule has 1 rings (SSSR count). The van der Waals surface area contributed by atoms with E-state index in [0.29, 0.717) is 11.3 Å². The highest BCUT2D eigenvalue weighted by atomic mass is 16.4. The highest BCUT2D eigenvalue weighted by Gasteiger charge is 2.42. The van der Waals surface area contributed by atoms with Gasteiger partial charge in [-0.25, -0.2) is 0 Å². The molecule has 0 saturated heterocycles. The van der Waals surface area contributed by atoms with Gasteiger partial charge in [0.15, 0.2) is 0 Å². The molecule has 0 amide bonds. The minimum Gasteiger partial charge on any atom is -0.481 e. The van der Waals surface area contributed by atoms with E-state index < -0.39 is 11.4 Å². The molecule has 1 saturated carbocycles. The van der Waals surface area contributed by atoms with Crippen LogP contribution in [-0.2, 0) is 4.79 Å². The van der Waals surface area contributed by atoms with Crippen LogP contribution in [-0.4, -0.2) is 11.1 Å². The molecular weight excluding hydrogens is 188 g/mol. The molecular formula is C13H24O2. The van der Waals surface area contributed by atoms with E-state index in [9.17, 15) is 9.90 Å². The molecule has 0 aromatic rings. The monoisotopic (exact) mass is 212 g/mol. The van der Waals surface area contributed by atoms with E-state index >= 15 is 0 Å². The predicted molar refractivity (Wildman–Crippen MR) is 61.8 cm³/mol. The van der Waals surface area contributed by atoms with Gasteiger partial charge in [-0.15, -0.1) is 0 Å². The molecule has 2 nitrogen and oxygen atoms in total. The fraction of sp³-hybridized carbons (Fsp3) is 0.923. The number of carboxylic acids is 1. The van der Waals surface area contributed by atoms with Crippen LogP contribution in [0, 0.1) is 16.7 Å². The van der Waals surface area contributed by atoms with Gasteiger partial charge in [-0.2, -0.15) is 0 Å². The van der Waals surface area contributed by atoms with Crippen LogP contribution >= 0.6 is 0 Å². The molecule has 0 heterocycles. The van der Waals surface area contributed by atoms with Gasteiger partial charge in [-0.3, -0.25) is 4.79 Å². The second-order valence-corrected chi connectivity index (χ2v) is 6.08. The first-order valence-electron chi connectivity index (χ1n) is 6.05. The van der Waals surface area contributed by atoms with Crippen molar-refractivity contribution in [2.24, 2.45) is 16.7 Å². The van der Waals surface area contributed by atoms with Gasteiger partial charge in [-0.1, -0.05) is 27.7 Å². The zero-order chi connectivity index (χ0) is 11.7. The zero-order valence-corrected chi connectivity index (χ0v) is 10.5. The van der Waals surface area contributed by atoms with Crippen molar-refractivity contribution in [3.63, 3.8) is 0 Å². The number of hydrogen-bond acceptors (Lipinski definition) is 1. The number of carboxylic acid groups (broad SMARTS) is 1. The number of hydrogen-bond donors (Lipinski definition) is 1. The fourth-order valence-corrected chi connectivity index (χ4v) is 2.76. The van der Waals surface area contributed by atoms with Gasteiger partial charge in [0, 0.05) is 0 Å². The third-order valence-corrected chi connectivity index (χ3v) is 4.30. The van der Waals surface area contributed by atoms with E-state index in [1.807, 2.05) is 6.92 Å². The maximum Gasteiger partial charge on any atom is 0.309 e. The van der Waals surface area contributed by atoms with Crippen molar-refractivity contribution in [2.75, 3.05) is 0 Å². The highest BCUT2D eigenvalue weighted by molar-refractivity contribution is 5.74. The topological polar surface area (TPSA) is 37.3 Å². The van der Waals surface area contributed by atoms with Gasteiger partial charge in [0.05, 0.1) is 5.41 Å². The Morgan fingerprint density at radius 2 is 1.80 bits per heavy atom. The smallest absolute Gasteiger partial charge is 0.309 e. The minimum absolute atomic E-state index is 0.332. The van der Waals surface area contributed by atoms with Crippen molar-refractivity contribution >= 4 is 5.97 Å². The molecule has 2 heteroatoms. The lowest BCUT2D eigenvalue weighted by molar-refractivity contribution is -0.152. The Morgan fingerprint density at radius 1 is 1.33 bits per heavy atom. The maximum atomic E-state index is 11.3. The largest absolute Gasteiger partial charge is 0.481 e. The van der Waals surface area contributed by atoms with Gasteiger partial charge in [0.1, 0.15) is 0 Å². The summed E-state index contributed by atoms with van der Waals surface area (Å²) in [4.78, 5) is 11.3. The van der Waals surface area contributed by atoms with E-state index in [2.05, 4.69) is 20.8 Å². The van der Waals surface area contributed by atoms with E-state index in [4.69, 9.17) is 0 Å². The van der Waals surface area contributed by atoms with Gasteiger partial charge >= 0.3 is 5.97 Å². The lowest BCUT2D eigenvalue weighted by Gasteiger charge is -2.41. The van der Waals surface area contributed by atoms with Gasteiger partial charge in [0.2, 0.25) is 0 Å². The normalized spacial score (nSPS) is 32.7. The molecule has 0 aliphatic heterocycles.